The van der Waals surface area contributed by atoms with Gasteiger partial charge in [-0.15, -0.1) is 0 Å². The van der Waals surface area contributed by atoms with E-state index in [1.165, 1.54) is 6.20 Å². The van der Waals surface area contributed by atoms with Crippen LogP contribution < -0.4 is 15.4 Å². The molecule has 0 fully saturated rings. The molecule has 1 aliphatic rings. The van der Waals surface area contributed by atoms with Gasteiger partial charge in [-0.2, -0.15) is 0 Å². The summed E-state index contributed by atoms with van der Waals surface area (Å²) in [5, 5.41) is 5.88. The predicted octanol–water partition coefficient (Wildman–Crippen LogP) is 2.36. The molecule has 2 amide bonds. The van der Waals surface area contributed by atoms with Crippen LogP contribution in [0.15, 0.2) is 42.7 Å². The number of benzene rings is 1. The second-order valence-corrected chi connectivity index (χ2v) is 5.82. The van der Waals surface area contributed by atoms with Crippen molar-refractivity contribution in [3.05, 3.63) is 53.3 Å². The lowest BCUT2D eigenvalue weighted by atomic mass is 9.92. The molecule has 124 valence electrons. The molecule has 1 aromatic heterocycles. The zero-order chi connectivity index (χ0) is 16.9. The van der Waals surface area contributed by atoms with Crippen LogP contribution in [0, 0.1) is 0 Å². The van der Waals surface area contributed by atoms with Gasteiger partial charge in [0.15, 0.2) is 0 Å². The minimum atomic E-state index is -0.376. The molecular formula is C17H16ClN3O3. The maximum atomic E-state index is 12.4. The quantitative estimate of drug-likeness (QED) is 0.891. The lowest BCUT2D eigenvalue weighted by molar-refractivity contribution is -0.125. The fraction of sp³-hybridized carbons (Fsp3) is 0.235. The first-order valence-electron chi connectivity index (χ1n) is 7.53. The van der Waals surface area contributed by atoms with Gasteiger partial charge in [-0.05, 0) is 36.8 Å². The van der Waals surface area contributed by atoms with Crippen molar-refractivity contribution in [3.8, 4) is 5.75 Å². The van der Waals surface area contributed by atoms with Gasteiger partial charge in [0.2, 0.25) is 11.8 Å². The van der Waals surface area contributed by atoms with Crippen LogP contribution >= 0.6 is 11.6 Å². The molecule has 2 heterocycles. The van der Waals surface area contributed by atoms with E-state index in [0.29, 0.717) is 29.5 Å². The van der Waals surface area contributed by atoms with Crippen molar-refractivity contribution in [2.24, 2.45) is 0 Å². The van der Waals surface area contributed by atoms with Gasteiger partial charge in [0.05, 0.1) is 31.0 Å². The van der Waals surface area contributed by atoms with Crippen molar-refractivity contribution in [1.82, 2.24) is 10.3 Å². The standard InChI is InChI=1S/C17H16ClN3O3/c18-11-3-4-15-14(8-11)13(5-7-24-15)17(23)20-10-16(22)21-12-2-1-6-19-9-12/h1-4,6,8-9,13H,5,7,10H2,(H,20,23)(H,21,22)/t13-/m0/s1. The Hall–Kier alpha value is -2.60. The molecule has 24 heavy (non-hydrogen) atoms. The maximum Gasteiger partial charge on any atom is 0.243 e. The number of pyridine rings is 1. The lowest BCUT2D eigenvalue weighted by Gasteiger charge is -2.25. The molecule has 0 radical (unpaired) electrons. The Morgan fingerprint density at radius 3 is 3.00 bits per heavy atom. The summed E-state index contributed by atoms with van der Waals surface area (Å²) in [6, 6.07) is 8.66. The van der Waals surface area contributed by atoms with Gasteiger partial charge >= 0.3 is 0 Å². The Kier molecular flexibility index (Phi) is 4.96. The Morgan fingerprint density at radius 2 is 2.21 bits per heavy atom. The molecular weight excluding hydrogens is 330 g/mol. The fourth-order valence-electron chi connectivity index (χ4n) is 2.57. The van der Waals surface area contributed by atoms with Crippen molar-refractivity contribution >= 4 is 29.1 Å². The van der Waals surface area contributed by atoms with Crippen molar-refractivity contribution < 1.29 is 14.3 Å². The first kappa shape index (κ1) is 16.3. The van der Waals surface area contributed by atoms with E-state index in [1.807, 2.05) is 0 Å². The number of hydrogen-bond acceptors (Lipinski definition) is 4. The third kappa shape index (κ3) is 3.83. The number of carbonyl (C=O) groups is 2. The smallest absolute Gasteiger partial charge is 0.243 e. The summed E-state index contributed by atoms with van der Waals surface area (Å²) in [5.41, 5.74) is 1.33. The molecule has 0 unspecified atom stereocenters. The number of carbonyl (C=O) groups excluding carboxylic acids is 2. The van der Waals surface area contributed by atoms with Crippen molar-refractivity contribution in [2.45, 2.75) is 12.3 Å². The van der Waals surface area contributed by atoms with Crippen LogP contribution in [0.2, 0.25) is 5.02 Å². The minimum absolute atomic E-state index is 0.110. The van der Waals surface area contributed by atoms with Crippen LogP contribution in [-0.4, -0.2) is 29.9 Å². The lowest BCUT2D eigenvalue weighted by Crippen LogP contribution is -2.37. The zero-order valence-electron chi connectivity index (χ0n) is 12.8. The van der Waals surface area contributed by atoms with E-state index in [1.54, 1.807) is 36.5 Å². The third-order valence-electron chi connectivity index (χ3n) is 3.70. The Balaban J connectivity index is 1.60. The Bertz CT molecular complexity index is 752. The summed E-state index contributed by atoms with van der Waals surface area (Å²) in [6.45, 7) is 0.343. The molecule has 0 saturated carbocycles. The number of ether oxygens (including phenoxy) is 1. The monoisotopic (exact) mass is 345 g/mol. The highest BCUT2D eigenvalue weighted by molar-refractivity contribution is 6.30. The molecule has 2 N–H and O–H groups in total. The van der Waals surface area contributed by atoms with Crippen LogP contribution in [0.4, 0.5) is 5.69 Å². The SMILES string of the molecule is O=C(CNC(=O)[C@H]1CCOc2ccc(Cl)cc21)Nc1cccnc1. The van der Waals surface area contributed by atoms with Gasteiger partial charge < -0.3 is 15.4 Å². The second-order valence-electron chi connectivity index (χ2n) is 5.38. The largest absolute Gasteiger partial charge is 0.493 e. The van der Waals surface area contributed by atoms with Crippen LogP contribution in [0.1, 0.15) is 17.9 Å². The van der Waals surface area contributed by atoms with E-state index < -0.39 is 0 Å². The molecule has 0 aliphatic carbocycles. The van der Waals surface area contributed by atoms with Crippen molar-refractivity contribution in [2.75, 3.05) is 18.5 Å². The topological polar surface area (TPSA) is 80.3 Å². The number of rotatable bonds is 4. The maximum absolute atomic E-state index is 12.4. The highest BCUT2D eigenvalue weighted by atomic mass is 35.5. The molecule has 0 spiro atoms. The Labute approximate surface area is 144 Å². The number of amides is 2. The molecule has 7 heteroatoms. The van der Waals surface area contributed by atoms with E-state index in [-0.39, 0.29) is 24.3 Å². The van der Waals surface area contributed by atoms with E-state index in [9.17, 15) is 9.59 Å². The number of halogens is 1. The van der Waals surface area contributed by atoms with Crippen molar-refractivity contribution in [3.63, 3.8) is 0 Å². The number of aromatic nitrogens is 1. The first-order chi connectivity index (χ1) is 11.6. The number of anilines is 1. The number of fused-ring (bicyclic) bond motifs is 1. The number of hydrogen-bond donors (Lipinski definition) is 2. The van der Waals surface area contributed by atoms with Gasteiger partial charge in [0.1, 0.15) is 5.75 Å². The van der Waals surface area contributed by atoms with Gasteiger partial charge in [0.25, 0.3) is 0 Å². The van der Waals surface area contributed by atoms with Gasteiger partial charge in [-0.25, -0.2) is 0 Å². The van der Waals surface area contributed by atoms with E-state index in [4.69, 9.17) is 16.3 Å². The van der Waals surface area contributed by atoms with Gasteiger partial charge in [-0.3, -0.25) is 14.6 Å². The van der Waals surface area contributed by atoms with E-state index >= 15 is 0 Å². The molecule has 6 nitrogen and oxygen atoms in total. The molecule has 1 aliphatic heterocycles. The van der Waals surface area contributed by atoms with Crippen molar-refractivity contribution in [1.29, 1.82) is 0 Å². The van der Waals surface area contributed by atoms with E-state index in [0.717, 1.165) is 5.56 Å². The molecule has 1 aromatic carbocycles. The molecule has 0 saturated heterocycles. The average Bonchev–Trinajstić information content (AvgIpc) is 2.60. The van der Waals surface area contributed by atoms with Crippen LogP contribution in [0.25, 0.3) is 0 Å². The number of nitrogens with one attached hydrogen (secondary N) is 2. The molecule has 3 rings (SSSR count). The van der Waals surface area contributed by atoms with E-state index in [2.05, 4.69) is 15.6 Å². The summed E-state index contributed by atoms with van der Waals surface area (Å²) in [4.78, 5) is 28.2. The summed E-state index contributed by atoms with van der Waals surface area (Å²) in [5.74, 6) is -0.248. The summed E-state index contributed by atoms with van der Waals surface area (Å²) < 4.78 is 5.54. The van der Waals surface area contributed by atoms with Gasteiger partial charge in [0, 0.05) is 16.8 Å². The zero-order valence-corrected chi connectivity index (χ0v) is 13.5. The summed E-state index contributed by atoms with van der Waals surface area (Å²) in [6.07, 6.45) is 3.70. The molecule has 1 atom stereocenters. The molecule has 2 aromatic rings. The van der Waals surface area contributed by atoms with Gasteiger partial charge in [-0.1, -0.05) is 11.6 Å². The normalized spacial score (nSPS) is 15.8. The summed E-state index contributed by atoms with van der Waals surface area (Å²) >= 11 is 6.01. The third-order valence-corrected chi connectivity index (χ3v) is 3.93. The Morgan fingerprint density at radius 1 is 1.33 bits per heavy atom. The van der Waals surface area contributed by atoms with Crippen LogP contribution in [0.3, 0.4) is 0 Å². The highest BCUT2D eigenvalue weighted by Crippen LogP contribution is 2.35. The minimum Gasteiger partial charge on any atom is -0.493 e. The number of nitrogens with zero attached hydrogens (tertiary/aromatic N) is 1. The average molecular weight is 346 g/mol. The summed E-state index contributed by atoms with van der Waals surface area (Å²) in [7, 11) is 0. The van der Waals surface area contributed by atoms with Crippen LogP contribution in [-0.2, 0) is 9.59 Å². The van der Waals surface area contributed by atoms with Crippen LogP contribution in [0.5, 0.6) is 5.75 Å². The second kappa shape index (κ2) is 7.31. The first-order valence-corrected chi connectivity index (χ1v) is 7.91. The highest BCUT2D eigenvalue weighted by Gasteiger charge is 2.28. The predicted molar refractivity (Wildman–Crippen MR) is 90.2 cm³/mol. The molecule has 0 bridgehead atoms. The fourth-order valence-corrected chi connectivity index (χ4v) is 2.75.